The number of carbonyl (C=O) groups is 2. The van der Waals surface area contributed by atoms with Crippen molar-refractivity contribution in [2.45, 2.75) is 26.8 Å². The topological polar surface area (TPSA) is 79.9 Å². The van der Waals surface area contributed by atoms with E-state index in [9.17, 15) is 9.59 Å². The van der Waals surface area contributed by atoms with Crippen LogP contribution in [0.1, 0.15) is 32.4 Å². The number of benzene rings is 2. The van der Waals surface area contributed by atoms with Gasteiger partial charge in [0, 0.05) is 24.5 Å². The Bertz CT molecular complexity index is 922. The van der Waals surface area contributed by atoms with E-state index in [1.54, 1.807) is 6.92 Å². The number of amides is 2. The number of hydrogen-bond acceptors (Lipinski definition) is 5. The van der Waals surface area contributed by atoms with Crippen LogP contribution in [0.15, 0.2) is 65.9 Å². The average Bonchev–Trinajstić information content (AvgIpc) is 2.78. The van der Waals surface area contributed by atoms with Crippen molar-refractivity contribution in [2.75, 3.05) is 31.2 Å². The molecule has 0 unspecified atom stereocenters. The molecule has 2 aromatic rings. The molecule has 2 amide bonds. The van der Waals surface area contributed by atoms with Crippen molar-refractivity contribution in [3.63, 3.8) is 0 Å². The maximum Gasteiger partial charge on any atom is 0.338 e. The zero-order valence-corrected chi connectivity index (χ0v) is 18.2. The highest BCUT2D eigenvalue weighted by Crippen LogP contribution is 2.29. The average molecular weight is 424 g/mol. The number of rotatable bonds is 9. The van der Waals surface area contributed by atoms with Crippen LogP contribution in [0.5, 0.6) is 5.75 Å². The lowest BCUT2D eigenvalue weighted by molar-refractivity contribution is -0.140. The molecule has 0 saturated heterocycles. The fourth-order valence-electron chi connectivity index (χ4n) is 3.57. The third-order valence-electron chi connectivity index (χ3n) is 5.17. The number of nitrogens with one attached hydrogen (secondary N) is 2. The Morgan fingerprint density at radius 3 is 2.32 bits per heavy atom. The van der Waals surface area contributed by atoms with E-state index in [2.05, 4.69) is 29.4 Å². The number of hydrogen-bond donors (Lipinski definition) is 2. The monoisotopic (exact) mass is 423 g/mol. The first-order valence-electron chi connectivity index (χ1n) is 10.5. The number of nitrogens with zero attached hydrogens (tertiary/aromatic N) is 1. The molecule has 7 heteroatoms. The van der Waals surface area contributed by atoms with E-state index in [1.165, 1.54) is 0 Å². The summed E-state index contributed by atoms with van der Waals surface area (Å²) >= 11 is 0. The second kappa shape index (κ2) is 10.5. The van der Waals surface area contributed by atoms with E-state index in [0.29, 0.717) is 17.0 Å². The Hall–Kier alpha value is -3.48. The lowest BCUT2D eigenvalue weighted by Gasteiger charge is -2.29. The van der Waals surface area contributed by atoms with Crippen LogP contribution in [0, 0.1) is 0 Å². The lowest BCUT2D eigenvalue weighted by Crippen LogP contribution is -2.45. The standard InChI is InChI=1S/C24H29N3O4/c1-4-27(5-2)19-13-11-18(12-14-19)22-21(17(3)25-24(29)26-22)23(28)31-16-15-30-20-9-7-6-8-10-20/h6-14,22H,4-5,15-16H2,1-3H3,(H2,25,26,29)/t22-/m1/s1. The largest absolute Gasteiger partial charge is 0.490 e. The molecular formula is C24H29N3O4. The Labute approximate surface area is 183 Å². The van der Waals surface area contributed by atoms with E-state index in [-0.39, 0.29) is 19.2 Å². The molecular weight excluding hydrogens is 394 g/mol. The zero-order valence-electron chi connectivity index (χ0n) is 18.2. The van der Waals surface area contributed by atoms with Crippen LogP contribution in [0.4, 0.5) is 10.5 Å². The highest BCUT2D eigenvalue weighted by atomic mass is 16.6. The number of ether oxygens (including phenoxy) is 2. The molecule has 1 heterocycles. The van der Waals surface area contributed by atoms with Gasteiger partial charge in [0.25, 0.3) is 0 Å². The molecule has 1 atom stereocenters. The van der Waals surface area contributed by atoms with Crippen LogP contribution in [0.2, 0.25) is 0 Å². The molecule has 164 valence electrons. The number of para-hydroxylation sites is 1. The van der Waals surface area contributed by atoms with E-state index in [4.69, 9.17) is 9.47 Å². The highest BCUT2D eigenvalue weighted by molar-refractivity contribution is 5.95. The summed E-state index contributed by atoms with van der Waals surface area (Å²) in [5.41, 5.74) is 2.78. The molecule has 3 rings (SSSR count). The summed E-state index contributed by atoms with van der Waals surface area (Å²) in [4.78, 5) is 27.1. The second-order valence-corrected chi connectivity index (χ2v) is 7.13. The van der Waals surface area contributed by atoms with Crippen molar-refractivity contribution >= 4 is 17.7 Å². The van der Waals surface area contributed by atoms with E-state index >= 15 is 0 Å². The molecule has 0 aliphatic carbocycles. The van der Waals surface area contributed by atoms with Gasteiger partial charge in [-0.15, -0.1) is 0 Å². The number of allylic oxidation sites excluding steroid dienone is 1. The molecule has 0 fully saturated rings. The highest BCUT2D eigenvalue weighted by Gasteiger charge is 2.32. The fraction of sp³-hybridized carbons (Fsp3) is 0.333. The van der Waals surface area contributed by atoms with Crippen LogP contribution >= 0.6 is 0 Å². The Balaban J connectivity index is 1.69. The molecule has 2 aromatic carbocycles. The minimum atomic E-state index is -0.581. The molecule has 0 spiro atoms. The summed E-state index contributed by atoms with van der Waals surface area (Å²) < 4.78 is 11.0. The molecule has 1 aliphatic heterocycles. The quantitative estimate of drug-likeness (QED) is 0.474. The van der Waals surface area contributed by atoms with Crippen molar-refractivity contribution < 1.29 is 19.1 Å². The summed E-state index contributed by atoms with van der Waals surface area (Å²) in [5.74, 6) is 0.228. The van der Waals surface area contributed by atoms with Crippen molar-refractivity contribution in [1.29, 1.82) is 0 Å². The van der Waals surface area contributed by atoms with Crippen molar-refractivity contribution in [3.05, 3.63) is 71.4 Å². The second-order valence-electron chi connectivity index (χ2n) is 7.13. The van der Waals surface area contributed by atoms with E-state index < -0.39 is 12.0 Å². The van der Waals surface area contributed by atoms with Crippen LogP contribution < -0.4 is 20.3 Å². The number of urea groups is 1. The summed E-state index contributed by atoms with van der Waals surface area (Å²) in [6.07, 6.45) is 0. The first kappa shape index (κ1) is 22.2. The normalized spacial score (nSPS) is 15.7. The van der Waals surface area contributed by atoms with Crippen LogP contribution in [-0.4, -0.2) is 38.3 Å². The predicted octanol–water partition coefficient (Wildman–Crippen LogP) is 3.78. The van der Waals surface area contributed by atoms with Crippen LogP contribution in [-0.2, 0) is 9.53 Å². The van der Waals surface area contributed by atoms with E-state index in [1.807, 2.05) is 54.6 Å². The van der Waals surface area contributed by atoms with Gasteiger partial charge >= 0.3 is 12.0 Å². The maximum absolute atomic E-state index is 12.8. The smallest absolute Gasteiger partial charge is 0.338 e. The number of carbonyl (C=O) groups excluding carboxylic acids is 2. The first-order chi connectivity index (χ1) is 15.0. The van der Waals surface area contributed by atoms with Crippen LogP contribution in [0.3, 0.4) is 0 Å². The molecule has 7 nitrogen and oxygen atoms in total. The molecule has 31 heavy (non-hydrogen) atoms. The van der Waals surface area contributed by atoms with Crippen molar-refractivity contribution in [2.24, 2.45) is 0 Å². The predicted molar refractivity (Wildman–Crippen MR) is 120 cm³/mol. The van der Waals surface area contributed by atoms with Crippen molar-refractivity contribution in [1.82, 2.24) is 10.6 Å². The summed E-state index contributed by atoms with van der Waals surface area (Å²) in [7, 11) is 0. The van der Waals surface area contributed by atoms with Gasteiger partial charge in [0.15, 0.2) is 0 Å². The summed E-state index contributed by atoms with van der Waals surface area (Å²) in [6.45, 7) is 8.06. The van der Waals surface area contributed by atoms with Gasteiger partial charge < -0.3 is 25.0 Å². The van der Waals surface area contributed by atoms with Gasteiger partial charge in [0.1, 0.15) is 19.0 Å². The van der Waals surface area contributed by atoms with Gasteiger partial charge in [0.05, 0.1) is 11.6 Å². The third kappa shape index (κ3) is 5.57. The maximum atomic E-state index is 12.8. The number of esters is 1. The molecule has 1 aliphatic rings. The molecule has 0 saturated carbocycles. The van der Waals surface area contributed by atoms with Gasteiger partial charge in [-0.25, -0.2) is 9.59 Å². The molecule has 0 aromatic heterocycles. The van der Waals surface area contributed by atoms with Crippen LogP contribution in [0.25, 0.3) is 0 Å². The third-order valence-corrected chi connectivity index (χ3v) is 5.17. The Morgan fingerprint density at radius 2 is 1.68 bits per heavy atom. The van der Waals surface area contributed by atoms with Gasteiger partial charge in [-0.05, 0) is 50.6 Å². The summed E-state index contributed by atoms with van der Waals surface area (Å²) in [5, 5.41) is 5.50. The van der Waals surface area contributed by atoms with Gasteiger partial charge in [-0.1, -0.05) is 30.3 Å². The lowest BCUT2D eigenvalue weighted by atomic mass is 9.95. The molecule has 0 radical (unpaired) electrons. The SMILES string of the molecule is CCN(CC)c1ccc([C@H]2NC(=O)NC(C)=C2C(=O)OCCOc2ccccc2)cc1. The first-order valence-corrected chi connectivity index (χ1v) is 10.5. The number of anilines is 1. The molecule has 2 N–H and O–H groups in total. The Morgan fingerprint density at radius 1 is 1.00 bits per heavy atom. The van der Waals surface area contributed by atoms with Gasteiger partial charge in [-0.2, -0.15) is 0 Å². The van der Waals surface area contributed by atoms with E-state index in [0.717, 1.165) is 24.3 Å². The van der Waals surface area contributed by atoms with Gasteiger partial charge in [-0.3, -0.25) is 0 Å². The zero-order chi connectivity index (χ0) is 22.2. The van der Waals surface area contributed by atoms with Gasteiger partial charge in [0.2, 0.25) is 0 Å². The summed E-state index contributed by atoms with van der Waals surface area (Å²) in [6, 6.07) is 16.3. The van der Waals surface area contributed by atoms with Crippen molar-refractivity contribution in [3.8, 4) is 5.75 Å². The molecule has 0 bridgehead atoms. The minimum absolute atomic E-state index is 0.103. The Kier molecular flexibility index (Phi) is 7.54. The minimum Gasteiger partial charge on any atom is -0.490 e. The fourth-order valence-corrected chi connectivity index (χ4v) is 3.57.